The van der Waals surface area contributed by atoms with Crippen molar-refractivity contribution in [2.24, 2.45) is 0 Å². The van der Waals surface area contributed by atoms with Gasteiger partial charge in [-0.25, -0.2) is 0 Å². The van der Waals surface area contributed by atoms with Gasteiger partial charge in [-0.15, -0.1) is 0 Å². The van der Waals surface area contributed by atoms with E-state index in [1.165, 1.54) is 5.56 Å². The number of aryl methyl sites for hydroxylation is 1. The van der Waals surface area contributed by atoms with Crippen LogP contribution in [0.3, 0.4) is 0 Å². The molecule has 0 aliphatic carbocycles. The highest BCUT2D eigenvalue weighted by molar-refractivity contribution is 6.31. The monoisotopic (exact) mass is 292 g/mol. The lowest BCUT2D eigenvalue weighted by Gasteiger charge is -2.20. The molecule has 2 rings (SSSR count). The van der Waals surface area contributed by atoms with Crippen LogP contribution in [0.25, 0.3) is 0 Å². The molecule has 1 N–H and O–H groups in total. The summed E-state index contributed by atoms with van der Waals surface area (Å²) in [5.74, 6) is 0. The largest absolute Gasteiger partial charge is 0.312 e. The predicted octanol–water partition coefficient (Wildman–Crippen LogP) is 3.41. The summed E-state index contributed by atoms with van der Waals surface area (Å²) in [6.45, 7) is 4.23. The molecule has 4 nitrogen and oxygen atoms in total. The molecule has 0 saturated heterocycles. The van der Waals surface area contributed by atoms with Crippen molar-refractivity contribution in [3.63, 3.8) is 0 Å². The summed E-state index contributed by atoms with van der Waals surface area (Å²) in [6, 6.07) is 4.59. The first-order valence-corrected chi connectivity index (χ1v) is 7.30. The zero-order valence-electron chi connectivity index (χ0n) is 12.2. The summed E-state index contributed by atoms with van der Waals surface area (Å²) < 4.78 is 2.00. The number of aromatic nitrogens is 3. The third-order valence-electron chi connectivity index (χ3n) is 3.43. The van der Waals surface area contributed by atoms with Gasteiger partial charge in [0.15, 0.2) is 0 Å². The zero-order valence-corrected chi connectivity index (χ0v) is 12.9. The Morgan fingerprint density at radius 1 is 1.30 bits per heavy atom. The first-order chi connectivity index (χ1) is 9.63. The molecule has 0 saturated carbocycles. The predicted molar refractivity (Wildman–Crippen MR) is 82.0 cm³/mol. The Bertz CT molecular complexity index is 536. The maximum absolute atomic E-state index is 6.31. The van der Waals surface area contributed by atoms with Crippen molar-refractivity contribution in [3.8, 4) is 0 Å². The van der Waals surface area contributed by atoms with Crippen LogP contribution in [0.4, 0.5) is 0 Å². The molecule has 0 spiro atoms. The first-order valence-electron chi connectivity index (χ1n) is 6.92. The molecule has 0 amide bonds. The SMILES string of the molecule is CNC(CCc1ccncc1)c1c(Cl)cnn1C(C)C. The van der Waals surface area contributed by atoms with Gasteiger partial charge >= 0.3 is 0 Å². The van der Waals surface area contributed by atoms with E-state index in [9.17, 15) is 0 Å². The average molecular weight is 293 g/mol. The molecule has 20 heavy (non-hydrogen) atoms. The van der Waals surface area contributed by atoms with Gasteiger partial charge in [-0.2, -0.15) is 5.10 Å². The van der Waals surface area contributed by atoms with E-state index in [2.05, 4.69) is 29.2 Å². The number of nitrogens with zero attached hydrogens (tertiary/aromatic N) is 3. The number of hydrogen-bond donors (Lipinski definition) is 1. The second kappa shape index (κ2) is 6.86. The second-order valence-electron chi connectivity index (χ2n) is 5.15. The molecule has 0 aliphatic heterocycles. The van der Waals surface area contributed by atoms with Gasteiger partial charge < -0.3 is 5.32 Å². The van der Waals surface area contributed by atoms with E-state index in [0.29, 0.717) is 6.04 Å². The lowest BCUT2D eigenvalue weighted by molar-refractivity contribution is 0.447. The van der Waals surface area contributed by atoms with Crippen LogP contribution in [0, 0.1) is 0 Å². The molecule has 0 fully saturated rings. The average Bonchev–Trinajstić information content (AvgIpc) is 2.83. The Morgan fingerprint density at radius 3 is 2.60 bits per heavy atom. The topological polar surface area (TPSA) is 42.7 Å². The van der Waals surface area contributed by atoms with Crippen molar-refractivity contribution in [1.29, 1.82) is 0 Å². The Morgan fingerprint density at radius 2 is 2.00 bits per heavy atom. The molecule has 108 valence electrons. The molecular weight excluding hydrogens is 272 g/mol. The Labute approximate surface area is 125 Å². The van der Waals surface area contributed by atoms with Gasteiger partial charge in [-0.05, 0) is 51.4 Å². The molecule has 0 aliphatic rings. The Kier molecular flexibility index (Phi) is 5.15. The van der Waals surface area contributed by atoms with Crippen LogP contribution in [-0.2, 0) is 6.42 Å². The standard InChI is InChI=1S/C15H21ClN4/c1-11(2)20-15(13(16)10-19-20)14(17-3)5-4-12-6-8-18-9-7-12/h6-11,14,17H,4-5H2,1-3H3. The lowest BCUT2D eigenvalue weighted by Crippen LogP contribution is -2.22. The van der Waals surface area contributed by atoms with Crippen LogP contribution in [0.5, 0.6) is 0 Å². The fourth-order valence-corrected chi connectivity index (χ4v) is 2.63. The minimum atomic E-state index is 0.195. The number of nitrogens with one attached hydrogen (secondary N) is 1. The van der Waals surface area contributed by atoms with E-state index in [0.717, 1.165) is 23.6 Å². The van der Waals surface area contributed by atoms with E-state index in [1.54, 1.807) is 6.20 Å². The van der Waals surface area contributed by atoms with Crippen LogP contribution in [0.1, 0.15) is 43.6 Å². The van der Waals surface area contributed by atoms with Crippen LogP contribution in [-0.4, -0.2) is 21.8 Å². The summed E-state index contributed by atoms with van der Waals surface area (Å²) in [5, 5.41) is 8.45. The molecule has 1 atom stereocenters. The van der Waals surface area contributed by atoms with E-state index in [-0.39, 0.29) is 6.04 Å². The third kappa shape index (κ3) is 3.38. The minimum Gasteiger partial charge on any atom is -0.312 e. The van der Waals surface area contributed by atoms with Crippen molar-refractivity contribution in [2.75, 3.05) is 7.05 Å². The van der Waals surface area contributed by atoms with Gasteiger partial charge in [0.2, 0.25) is 0 Å². The summed E-state index contributed by atoms with van der Waals surface area (Å²) in [6.07, 6.45) is 7.34. The minimum absolute atomic E-state index is 0.195. The van der Waals surface area contributed by atoms with Gasteiger partial charge in [-0.1, -0.05) is 11.6 Å². The molecule has 0 bridgehead atoms. The number of hydrogen-bond acceptors (Lipinski definition) is 3. The molecule has 2 aromatic rings. The van der Waals surface area contributed by atoms with E-state index < -0.39 is 0 Å². The van der Waals surface area contributed by atoms with Gasteiger partial charge in [0, 0.05) is 18.4 Å². The summed E-state index contributed by atoms with van der Waals surface area (Å²) in [7, 11) is 1.96. The molecule has 2 aromatic heterocycles. The molecule has 2 heterocycles. The number of halogens is 1. The molecule has 1 unspecified atom stereocenters. The van der Waals surface area contributed by atoms with E-state index in [4.69, 9.17) is 11.6 Å². The summed E-state index contributed by atoms with van der Waals surface area (Å²) >= 11 is 6.31. The highest BCUT2D eigenvalue weighted by Crippen LogP contribution is 2.28. The number of rotatable bonds is 6. The van der Waals surface area contributed by atoms with Crippen molar-refractivity contribution < 1.29 is 0 Å². The summed E-state index contributed by atoms with van der Waals surface area (Å²) in [5.41, 5.74) is 2.35. The van der Waals surface area contributed by atoms with Crippen molar-refractivity contribution in [2.45, 2.75) is 38.8 Å². The quantitative estimate of drug-likeness (QED) is 0.887. The van der Waals surface area contributed by atoms with Crippen LogP contribution in [0.15, 0.2) is 30.7 Å². The third-order valence-corrected chi connectivity index (χ3v) is 3.72. The van der Waals surface area contributed by atoms with Crippen LogP contribution >= 0.6 is 11.6 Å². The van der Waals surface area contributed by atoms with E-state index in [1.807, 2.05) is 36.3 Å². The Balaban J connectivity index is 2.14. The van der Waals surface area contributed by atoms with Crippen LogP contribution in [0.2, 0.25) is 5.02 Å². The molecular formula is C15H21ClN4. The molecule has 0 aromatic carbocycles. The van der Waals surface area contributed by atoms with Gasteiger partial charge in [0.05, 0.1) is 23.0 Å². The lowest BCUT2D eigenvalue weighted by atomic mass is 10.0. The molecule has 5 heteroatoms. The van der Waals surface area contributed by atoms with Gasteiger partial charge in [-0.3, -0.25) is 9.67 Å². The number of pyridine rings is 1. The fraction of sp³-hybridized carbons (Fsp3) is 0.467. The highest BCUT2D eigenvalue weighted by atomic mass is 35.5. The van der Waals surface area contributed by atoms with Crippen molar-refractivity contribution in [1.82, 2.24) is 20.1 Å². The first kappa shape index (κ1) is 15.0. The second-order valence-corrected chi connectivity index (χ2v) is 5.56. The van der Waals surface area contributed by atoms with Crippen LogP contribution < -0.4 is 5.32 Å². The smallest absolute Gasteiger partial charge is 0.0834 e. The van der Waals surface area contributed by atoms with Gasteiger partial charge in [0.25, 0.3) is 0 Å². The Hall–Kier alpha value is -1.39. The zero-order chi connectivity index (χ0) is 14.5. The normalized spacial score (nSPS) is 12.8. The fourth-order valence-electron chi connectivity index (χ4n) is 2.37. The molecule has 0 radical (unpaired) electrons. The highest BCUT2D eigenvalue weighted by Gasteiger charge is 2.20. The van der Waals surface area contributed by atoms with Crippen molar-refractivity contribution in [3.05, 3.63) is 47.0 Å². The van der Waals surface area contributed by atoms with E-state index >= 15 is 0 Å². The van der Waals surface area contributed by atoms with Gasteiger partial charge in [0.1, 0.15) is 0 Å². The summed E-state index contributed by atoms with van der Waals surface area (Å²) in [4.78, 5) is 4.04. The van der Waals surface area contributed by atoms with Crippen molar-refractivity contribution >= 4 is 11.6 Å². The maximum Gasteiger partial charge on any atom is 0.0834 e. The maximum atomic E-state index is 6.31.